The van der Waals surface area contributed by atoms with E-state index >= 15 is 0 Å². The minimum atomic E-state index is 0.498. The highest BCUT2D eigenvalue weighted by molar-refractivity contribution is 9.10. The fraction of sp³-hybridized carbons (Fsp3) is 0.368. The van der Waals surface area contributed by atoms with Gasteiger partial charge in [0.25, 0.3) is 0 Å². The molecule has 4 rings (SSSR count). The molecule has 0 amide bonds. The Morgan fingerprint density at radius 2 is 1.91 bits per heavy atom. The maximum Gasteiger partial charge on any atom is 0.0351 e. The molecule has 0 N–H and O–H groups in total. The van der Waals surface area contributed by atoms with Crippen LogP contribution in [0.1, 0.15) is 41.5 Å². The lowest BCUT2D eigenvalue weighted by molar-refractivity contribution is 0.230. The molecule has 2 aliphatic rings. The Morgan fingerprint density at radius 3 is 2.68 bits per heavy atom. The second-order valence-electron chi connectivity index (χ2n) is 6.25. The average molecular weight is 374 g/mol. The fourth-order valence-electron chi connectivity index (χ4n) is 4.00. The molecule has 2 aromatic carbocycles. The zero-order chi connectivity index (χ0) is 15.1. The fourth-order valence-corrected chi connectivity index (χ4v) is 4.79. The summed E-state index contributed by atoms with van der Waals surface area (Å²) in [4.78, 5) is 4.02. The van der Waals surface area contributed by atoms with Crippen LogP contribution in [0.2, 0.25) is 0 Å². The van der Waals surface area contributed by atoms with E-state index in [2.05, 4.69) is 69.6 Å². The molecule has 3 heteroatoms. The van der Waals surface area contributed by atoms with E-state index in [1.165, 1.54) is 39.9 Å². The molecule has 114 valence electrons. The Balaban J connectivity index is 1.79. The van der Waals surface area contributed by atoms with E-state index in [9.17, 15) is 0 Å². The quantitative estimate of drug-likeness (QED) is 0.643. The molecule has 2 atom stereocenters. The number of nitrogens with zero attached hydrogens (tertiary/aromatic N) is 1. The van der Waals surface area contributed by atoms with Crippen LogP contribution in [0.4, 0.5) is 0 Å². The molecule has 2 aliphatic heterocycles. The maximum atomic E-state index is 3.67. The summed E-state index contributed by atoms with van der Waals surface area (Å²) in [5, 5.41) is 0. The number of benzene rings is 2. The molecule has 0 saturated carbocycles. The Hall–Kier alpha value is -0.770. The van der Waals surface area contributed by atoms with Crippen molar-refractivity contribution in [2.24, 2.45) is 0 Å². The molecular weight excluding hydrogens is 354 g/mol. The van der Waals surface area contributed by atoms with Crippen LogP contribution in [0.3, 0.4) is 0 Å². The lowest BCUT2D eigenvalue weighted by atomic mass is 9.82. The van der Waals surface area contributed by atoms with Gasteiger partial charge in [0.2, 0.25) is 0 Å². The first-order valence-electron chi connectivity index (χ1n) is 7.93. The first-order valence-corrected chi connectivity index (χ1v) is 9.95. The molecule has 2 heterocycles. The molecule has 2 aromatic rings. The second-order valence-corrected chi connectivity index (χ2v) is 8.05. The average Bonchev–Trinajstić information content (AvgIpc) is 3.02. The number of thioether (sulfide) groups is 1. The van der Waals surface area contributed by atoms with Crippen molar-refractivity contribution >= 4 is 27.7 Å². The lowest BCUT2D eigenvalue weighted by Gasteiger charge is -2.37. The van der Waals surface area contributed by atoms with Crippen LogP contribution in [0.15, 0.2) is 51.8 Å². The van der Waals surface area contributed by atoms with Crippen molar-refractivity contribution in [3.05, 3.63) is 63.6 Å². The van der Waals surface area contributed by atoms with E-state index in [0.29, 0.717) is 12.0 Å². The zero-order valence-corrected chi connectivity index (χ0v) is 15.2. The topological polar surface area (TPSA) is 3.24 Å². The number of halogens is 1. The third-order valence-corrected chi connectivity index (χ3v) is 6.32. The Labute approximate surface area is 145 Å². The third-order valence-electron chi connectivity index (χ3n) is 5.08. The van der Waals surface area contributed by atoms with Gasteiger partial charge < -0.3 is 0 Å². The van der Waals surface area contributed by atoms with Crippen LogP contribution in [0, 0.1) is 0 Å². The highest BCUT2D eigenvalue weighted by Gasteiger charge is 2.36. The molecule has 1 saturated heterocycles. The predicted octanol–water partition coefficient (Wildman–Crippen LogP) is 5.45. The minimum absolute atomic E-state index is 0.498. The SMILES string of the molecule is CSc1ccc(C2CN3CCCC3c3ccc(Br)cc32)cc1. The molecule has 2 unspecified atom stereocenters. The van der Waals surface area contributed by atoms with Crippen LogP contribution in [-0.4, -0.2) is 24.2 Å². The van der Waals surface area contributed by atoms with E-state index < -0.39 is 0 Å². The maximum absolute atomic E-state index is 3.67. The highest BCUT2D eigenvalue weighted by Crippen LogP contribution is 2.45. The van der Waals surface area contributed by atoms with Gasteiger partial charge in [-0.3, -0.25) is 4.90 Å². The highest BCUT2D eigenvalue weighted by atomic mass is 79.9. The first-order chi connectivity index (χ1) is 10.8. The van der Waals surface area contributed by atoms with Crippen LogP contribution in [-0.2, 0) is 0 Å². The van der Waals surface area contributed by atoms with Crippen molar-refractivity contribution in [3.63, 3.8) is 0 Å². The zero-order valence-electron chi connectivity index (χ0n) is 12.8. The van der Waals surface area contributed by atoms with E-state index in [4.69, 9.17) is 0 Å². The summed E-state index contributed by atoms with van der Waals surface area (Å²) in [6, 6.07) is 16.7. The summed E-state index contributed by atoms with van der Waals surface area (Å²) in [5.41, 5.74) is 4.52. The number of hydrogen-bond acceptors (Lipinski definition) is 2. The van der Waals surface area contributed by atoms with Crippen LogP contribution >= 0.6 is 27.7 Å². The number of fused-ring (bicyclic) bond motifs is 3. The summed E-state index contributed by atoms with van der Waals surface area (Å²) in [6.45, 7) is 2.41. The summed E-state index contributed by atoms with van der Waals surface area (Å²) in [5.74, 6) is 0.498. The molecule has 0 aliphatic carbocycles. The van der Waals surface area contributed by atoms with Gasteiger partial charge in [0.15, 0.2) is 0 Å². The number of rotatable bonds is 2. The summed E-state index contributed by atoms with van der Waals surface area (Å²) in [7, 11) is 0. The van der Waals surface area contributed by atoms with Crippen molar-refractivity contribution in [2.45, 2.75) is 29.7 Å². The van der Waals surface area contributed by atoms with Crippen molar-refractivity contribution < 1.29 is 0 Å². The van der Waals surface area contributed by atoms with Gasteiger partial charge in [-0.2, -0.15) is 0 Å². The summed E-state index contributed by atoms with van der Waals surface area (Å²) in [6.07, 6.45) is 4.78. The lowest BCUT2D eigenvalue weighted by Crippen LogP contribution is -2.34. The first kappa shape index (κ1) is 14.8. The normalized spacial score (nSPS) is 24.1. The van der Waals surface area contributed by atoms with Gasteiger partial charge in [0.1, 0.15) is 0 Å². The molecular formula is C19H20BrNS. The smallest absolute Gasteiger partial charge is 0.0351 e. The largest absolute Gasteiger partial charge is 0.295 e. The van der Waals surface area contributed by atoms with E-state index in [1.54, 1.807) is 5.56 Å². The van der Waals surface area contributed by atoms with E-state index in [1.807, 2.05) is 11.8 Å². The van der Waals surface area contributed by atoms with Gasteiger partial charge in [-0.15, -0.1) is 11.8 Å². The summed E-state index contributed by atoms with van der Waals surface area (Å²) >= 11 is 5.48. The van der Waals surface area contributed by atoms with Crippen molar-refractivity contribution in [1.29, 1.82) is 0 Å². The van der Waals surface area contributed by atoms with Crippen molar-refractivity contribution in [3.8, 4) is 0 Å². The monoisotopic (exact) mass is 373 g/mol. The van der Waals surface area contributed by atoms with Gasteiger partial charge in [0, 0.05) is 27.9 Å². The van der Waals surface area contributed by atoms with E-state index in [-0.39, 0.29) is 0 Å². The van der Waals surface area contributed by atoms with Crippen molar-refractivity contribution in [2.75, 3.05) is 19.3 Å². The van der Waals surface area contributed by atoms with Crippen LogP contribution in [0.5, 0.6) is 0 Å². The van der Waals surface area contributed by atoms with Gasteiger partial charge in [-0.25, -0.2) is 0 Å². The minimum Gasteiger partial charge on any atom is -0.295 e. The Morgan fingerprint density at radius 1 is 1.09 bits per heavy atom. The molecule has 1 nitrogen and oxygen atoms in total. The Kier molecular flexibility index (Phi) is 4.05. The third kappa shape index (κ3) is 2.53. The number of hydrogen-bond donors (Lipinski definition) is 0. The van der Waals surface area contributed by atoms with Gasteiger partial charge >= 0.3 is 0 Å². The van der Waals surface area contributed by atoms with Crippen LogP contribution < -0.4 is 0 Å². The van der Waals surface area contributed by atoms with Gasteiger partial charge in [0.05, 0.1) is 0 Å². The molecule has 1 fully saturated rings. The Bertz CT molecular complexity index is 682. The van der Waals surface area contributed by atoms with Crippen LogP contribution in [0.25, 0.3) is 0 Å². The molecule has 0 radical (unpaired) electrons. The molecule has 22 heavy (non-hydrogen) atoms. The van der Waals surface area contributed by atoms with E-state index in [0.717, 1.165) is 6.54 Å². The molecule has 0 spiro atoms. The van der Waals surface area contributed by atoms with Crippen molar-refractivity contribution in [1.82, 2.24) is 4.90 Å². The summed E-state index contributed by atoms with van der Waals surface area (Å²) < 4.78 is 1.20. The molecule has 0 aromatic heterocycles. The second kappa shape index (κ2) is 6.03. The standard InChI is InChI=1S/C19H20BrNS/c1-22-15-7-4-13(5-8-15)18-12-21-10-2-3-19(21)16-9-6-14(20)11-17(16)18/h4-9,11,18-19H,2-3,10,12H2,1H3. The van der Waals surface area contributed by atoms with Gasteiger partial charge in [-0.1, -0.05) is 34.1 Å². The predicted molar refractivity (Wildman–Crippen MR) is 97.8 cm³/mol. The molecule has 0 bridgehead atoms. The van der Waals surface area contributed by atoms with Gasteiger partial charge in [-0.05, 0) is 66.6 Å².